The molecule has 146 valence electrons. The van der Waals surface area contributed by atoms with Crippen molar-refractivity contribution in [2.75, 3.05) is 33.1 Å². The number of carbonyl (C=O) groups excluding carboxylic acids is 2. The summed E-state index contributed by atoms with van der Waals surface area (Å²) in [6.45, 7) is 2.48. The number of thioether (sulfide) groups is 1. The number of hydrogen-bond donors (Lipinski definition) is 2. The van der Waals surface area contributed by atoms with Gasteiger partial charge in [0.1, 0.15) is 11.5 Å². The van der Waals surface area contributed by atoms with Crippen LogP contribution in [0.4, 0.5) is 0 Å². The van der Waals surface area contributed by atoms with Crippen molar-refractivity contribution in [1.82, 2.24) is 20.8 Å². The quantitative estimate of drug-likeness (QED) is 0.582. The number of hydrogen-bond acceptors (Lipinski definition) is 8. The summed E-state index contributed by atoms with van der Waals surface area (Å²) in [5.74, 6) is 1.02. The second-order valence-corrected chi connectivity index (χ2v) is 6.32. The highest BCUT2D eigenvalue weighted by molar-refractivity contribution is 7.99. The fourth-order valence-corrected chi connectivity index (χ4v) is 2.59. The molecule has 0 saturated carbocycles. The number of ether oxygens (including phenoxy) is 2. The Kier molecular flexibility index (Phi) is 7.93. The van der Waals surface area contributed by atoms with Crippen molar-refractivity contribution in [1.29, 1.82) is 0 Å². The molecule has 0 saturated heterocycles. The van der Waals surface area contributed by atoms with E-state index in [1.165, 1.54) is 0 Å². The standard InChI is InChI=1S/C17H22N4O5S/c1-4-5-18-14(22)9-19-15(23)10-27-17-21-20-16(26-17)11-6-12(24-2)8-13(7-11)25-3/h6-8H,4-5,9-10H2,1-3H3,(H,18,22)(H,19,23). The molecule has 0 aliphatic heterocycles. The number of nitrogens with one attached hydrogen (secondary N) is 2. The van der Waals surface area contributed by atoms with Crippen molar-refractivity contribution in [3.8, 4) is 23.0 Å². The van der Waals surface area contributed by atoms with Crippen molar-refractivity contribution < 1.29 is 23.5 Å². The number of amides is 2. The van der Waals surface area contributed by atoms with Gasteiger partial charge in [0.25, 0.3) is 5.22 Å². The van der Waals surface area contributed by atoms with Crippen LogP contribution >= 0.6 is 11.8 Å². The Bertz CT molecular complexity index is 758. The van der Waals surface area contributed by atoms with Crippen LogP contribution < -0.4 is 20.1 Å². The van der Waals surface area contributed by atoms with Gasteiger partial charge in [0, 0.05) is 18.2 Å². The first kappa shape index (κ1) is 20.6. The Hall–Kier alpha value is -2.75. The van der Waals surface area contributed by atoms with E-state index in [1.807, 2.05) is 6.92 Å². The van der Waals surface area contributed by atoms with Crippen molar-refractivity contribution in [2.24, 2.45) is 0 Å². The van der Waals surface area contributed by atoms with Crippen LogP contribution in [-0.4, -0.2) is 55.1 Å². The summed E-state index contributed by atoms with van der Waals surface area (Å²) in [5.41, 5.74) is 0.641. The first-order chi connectivity index (χ1) is 13.0. The molecule has 9 nitrogen and oxygen atoms in total. The lowest BCUT2D eigenvalue weighted by Crippen LogP contribution is -2.37. The second kappa shape index (κ2) is 10.4. The van der Waals surface area contributed by atoms with Gasteiger partial charge in [0.15, 0.2) is 0 Å². The zero-order valence-corrected chi connectivity index (χ0v) is 16.2. The molecule has 1 heterocycles. The molecule has 2 aromatic rings. The molecule has 0 spiro atoms. The second-order valence-electron chi connectivity index (χ2n) is 5.39. The molecule has 2 N–H and O–H groups in total. The summed E-state index contributed by atoms with van der Waals surface area (Å²) in [5, 5.41) is 13.4. The monoisotopic (exact) mass is 394 g/mol. The average Bonchev–Trinajstić information content (AvgIpc) is 3.17. The van der Waals surface area contributed by atoms with Gasteiger partial charge in [0.2, 0.25) is 17.7 Å². The molecule has 1 aromatic carbocycles. The molecule has 0 fully saturated rings. The van der Waals surface area contributed by atoms with Crippen molar-refractivity contribution in [3.05, 3.63) is 18.2 Å². The molecule has 0 aliphatic rings. The summed E-state index contributed by atoms with van der Waals surface area (Å²) >= 11 is 1.09. The number of nitrogens with zero attached hydrogens (tertiary/aromatic N) is 2. The van der Waals surface area contributed by atoms with E-state index in [4.69, 9.17) is 13.9 Å². The van der Waals surface area contributed by atoms with Gasteiger partial charge in [-0.15, -0.1) is 10.2 Å². The van der Waals surface area contributed by atoms with Gasteiger partial charge in [-0.3, -0.25) is 9.59 Å². The molecule has 27 heavy (non-hydrogen) atoms. The van der Waals surface area contributed by atoms with Gasteiger partial charge in [-0.05, 0) is 18.6 Å². The lowest BCUT2D eigenvalue weighted by atomic mass is 10.2. The Morgan fingerprint density at radius 2 is 1.78 bits per heavy atom. The molecule has 2 rings (SSSR count). The van der Waals surface area contributed by atoms with Crippen LogP contribution in [0.1, 0.15) is 13.3 Å². The molecular weight excluding hydrogens is 372 g/mol. The van der Waals surface area contributed by atoms with E-state index in [0.29, 0.717) is 23.6 Å². The first-order valence-corrected chi connectivity index (χ1v) is 9.27. The summed E-state index contributed by atoms with van der Waals surface area (Å²) in [7, 11) is 3.10. The van der Waals surface area contributed by atoms with E-state index in [9.17, 15) is 9.59 Å². The molecular formula is C17H22N4O5S. The smallest absolute Gasteiger partial charge is 0.277 e. The predicted octanol–water partition coefficient (Wildman–Crippen LogP) is 1.49. The minimum atomic E-state index is -0.297. The Morgan fingerprint density at radius 1 is 1.07 bits per heavy atom. The summed E-state index contributed by atoms with van der Waals surface area (Å²) in [4.78, 5) is 23.3. The number of aromatic nitrogens is 2. The topological polar surface area (TPSA) is 116 Å². The highest BCUT2D eigenvalue weighted by Crippen LogP contribution is 2.30. The van der Waals surface area contributed by atoms with Crippen LogP contribution in [0.5, 0.6) is 11.5 Å². The first-order valence-electron chi connectivity index (χ1n) is 8.28. The highest BCUT2D eigenvalue weighted by atomic mass is 32.2. The SMILES string of the molecule is CCCNC(=O)CNC(=O)CSc1nnc(-c2cc(OC)cc(OC)c2)o1. The third-order valence-electron chi connectivity index (χ3n) is 3.35. The molecule has 0 aliphatic carbocycles. The highest BCUT2D eigenvalue weighted by Gasteiger charge is 2.14. The Morgan fingerprint density at radius 3 is 2.41 bits per heavy atom. The zero-order valence-electron chi connectivity index (χ0n) is 15.4. The van der Waals surface area contributed by atoms with Crippen LogP contribution in [0.15, 0.2) is 27.8 Å². The number of rotatable bonds is 10. The predicted molar refractivity (Wildman–Crippen MR) is 99.9 cm³/mol. The van der Waals surface area contributed by atoms with Crippen molar-refractivity contribution in [3.63, 3.8) is 0 Å². The van der Waals surface area contributed by atoms with Crippen LogP contribution in [0.3, 0.4) is 0 Å². The maximum Gasteiger partial charge on any atom is 0.277 e. The van der Waals surface area contributed by atoms with Gasteiger partial charge in [0.05, 0.1) is 26.5 Å². The van der Waals surface area contributed by atoms with E-state index < -0.39 is 0 Å². The van der Waals surface area contributed by atoms with E-state index in [1.54, 1.807) is 32.4 Å². The van der Waals surface area contributed by atoms with E-state index in [0.717, 1.165) is 18.2 Å². The Labute approximate surface area is 161 Å². The van der Waals surface area contributed by atoms with Crippen LogP contribution in [-0.2, 0) is 9.59 Å². The minimum absolute atomic E-state index is 0.0575. The molecule has 1 aromatic heterocycles. The molecule has 0 unspecified atom stereocenters. The number of benzene rings is 1. The van der Waals surface area contributed by atoms with Gasteiger partial charge >= 0.3 is 0 Å². The Balaban J connectivity index is 1.89. The van der Waals surface area contributed by atoms with Crippen molar-refractivity contribution >= 4 is 23.6 Å². The maximum absolute atomic E-state index is 11.8. The lowest BCUT2D eigenvalue weighted by Gasteiger charge is -2.05. The van der Waals surface area contributed by atoms with E-state index in [-0.39, 0.29) is 35.2 Å². The van der Waals surface area contributed by atoms with Gasteiger partial charge in [-0.25, -0.2) is 0 Å². The van der Waals surface area contributed by atoms with Crippen LogP contribution in [0.2, 0.25) is 0 Å². The van der Waals surface area contributed by atoms with Gasteiger partial charge in [-0.2, -0.15) is 0 Å². The van der Waals surface area contributed by atoms with Gasteiger partial charge < -0.3 is 24.5 Å². The summed E-state index contributed by atoms with van der Waals surface area (Å²) in [6, 6.07) is 5.22. The third kappa shape index (κ3) is 6.48. The molecule has 0 bridgehead atoms. The normalized spacial score (nSPS) is 10.3. The fraction of sp³-hybridized carbons (Fsp3) is 0.412. The largest absolute Gasteiger partial charge is 0.497 e. The summed E-state index contributed by atoms with van der Waals surface area (Å²) in [6.07, 6.45) is 0.841. The number of carbonyl (C=O) groups is 2. The fourth-order valence-electron chi connectivity index (χ4n) is 2.00. The molecule has 10 heteroatoms. The molecule has 0 atom stereocenters. The third-order valence-corrected chi connectivity index (χ3v) is 4.17. The zero-order chi connectivity index (χ0) is 19.6. The lowest BCUT2D eigenvalue weighted by molar-refractivity contribution is -0.124. The van der Waals surface area contributed by atoms with E-state index in [2.05, 4.69) is 20.8 Å². The maximum atomic E-state index is 11.8. The van der Waals surface area contributed by atoms with Crippen LogP contribution in [0.25, 0.3) is 11.5 Å². The van der Waals surface area contributed by atoms with E-state index >= 15 is 0 Å². The molecule has 0 radical (unpaired) electrons. The summed E-state index contributed by atoms with van der Waals surface area (Å²) < 4.78 is 16.0. The number of methoxy groups -OCH3 is 2. The minimum Gasteiger partial charge on any atom is -0.497 e. The molecule has 2 amide bonds. The average molecular weight is 394 g/mol. The van der Waals surface area contributed by atoms with Gasteiger partial charge in [-0.1, -0.05) is 18.7 Å². The van der Waals surface area contributed by atoms with Crippen LogP contribution in [0, 0.1) is 0 Å². The van der Waals surface area contributed by atoms with Crippen molar-refractivity contribution in [2.45, 2.75) is 18.6 Å².